The summed E-state index contributed by atoms with van der Waals surface area (Å²) < 4.78 is 22.8. The zero-order valence-corrected chi connectivity index (χ0v) is 12.2. The van der Waals surface area contributed by atoms with Gasteiger partial charge in [0.2, 0.25) is 0 Å². The smallest absolute Gasteiger partial charge is 0.175 e. The van der Waals surface area contributed by atoms with Gasteiger partial charge in [0.05, 0.1) is 4.90 Å². The molecule has 0 radical (unpaired) electrons. The Bertz CT molecular complexity index is 676. The van der Waals surface area contributed by atoms with E-state index in [2.05, 4.69) is 5.32 Å². The second-order valence-electron chi connectivity index (χ2n) is 4.75. The van der Waals surface area contributed by atoms with Crippen LogP contribution in [-0.2, 0) is 9.84 Å². The lowest BCUT2D eigenvalue weighted by Crippen LogP contribution is -2.07. The van der Waals surface area contributed by atoms with Crippen molar-refractivity contribution in [1.82, 2.24) is 0 Å². The van der Waals surface area contributed by atoms with Crippen molar-refractivity contribution in [3.8, 4) is 5.75 Å². The zero-order chi connectivity index (χ0) is 14.8. The molecule has 2 aromatic carbocycles. The van der Waals surface area contributed by atoms with Crippen LogP contribution in [0.15, 0.2) is 53.4 Å². The lowest BCUT2D eigenvalue weighted by molar-refractivity contribution is 0.475. The van der Waals surface area contributed by atoms with Crippen molar-refractivity contribution < 1.29 is 13.5 Å². The summed E-state index contributed by atoms with van der Waals surface area (Å²) in [5, 5.41) is 12.5. The molecule has 0 aliphatic carbocycles. The quantitative estimate of drug-likeness (QED) is 0.850. The van der Waals surface area contributed by atoms with Gasteiger partial charge in [-0.15, -0.1) is 0 Å². The number of phenols is 1. The Balaban J connectivity index is 2.13. The lowest BCUT2D eigenvalue weighted by atomic mass is 10.1. The predicted octanol–water partition coefficient (Wildman–Crippen LogP) is 2.97. The van der Waals surface area contributed by atoms with Gasteiger partial charge >= 0.3 is 0 Å². The Labute approximate surface area is 119 Å². The van der Waals surface area contributed by atoms with Gasteiger partial charge in [0.25, 0.3) is 0 Å². The first-order chi connectivity index (χ1) is 9.36. The van der Waals surface area contributed by atoms with E-state index >= 15 is 0 Å². The molecular weight excluding hydrogens is 274 g/mol. The summed E-state index contributed by atoms with van der Waals surface area (Å²) >= 11 is 0. The fraction of sp³-hybridized carbons (Fsp3) is 0.200. The molecule has 0 fully saturated rings. The minimum Gasteiger partial charge on any atom is -0.508 e. The van der Waals surface area contributed by atoms with E-state index in [1.54, 1.807) is 48.5 Å². The van der Waals surface area contributed by atoms with Crippen molar-refractivity contribution in [2.75, 3.05) is 11.6 Å². The Morgan fingerprint density at radius 3 is 2.05 bits per heavy atom. The number of benzene rings is 2. The van der Waals surface area contributed by atoms with Gasteiger partial charge in [0, 0.05) is 18.0 Å². The molecule has 2 N–H and O–H groups in total. The third kappa shape index (κ3) is 3.51. The van der Waals surface area contributed by atoms with Gasteiger partial charge in [0.15, 0.2) is 9.84 Å². The van der Waals surface area contributed by atoms with E-state index in [4.69, 9.17) is 0 Å². The van der Waals surface area contributed by atoms with Crippen LogP contribution in [0.4, 0.5) is 5.69 Å². The molecule has 0 spiro atoms. The number of aromatic hydroxyl groups is 1. The van der Waals surface area contributed by atoms with E-state index in [1.165, 1.54) is 6.26 Å². The second kappa shape index (κ2) is 5.54. The molecule has 0 aliphatic heterocycles. The van der Waals surface area contributed by atoms with E-state index in [1.807, 2.05) is 6.92 Å². The fourth-order valence-corrected chi connectivity index (χ4v) is 2.53. The van der Waals surface area contributed by atoms with Crippen LogP contribution in [-0.4, -0.2) is 19.8 Å². The van der Waals surface area contributed by atoms with E-state index in [0.717, 1.165) is 11.3 Å². The van der Waals surface area contributed by atoms with Gasteiger partial charge < -0.3 is 10.4 Å². The SMILES string of the molecule is CC(Nc1ccc(O)cc1)c1ccc(S(C)(=O)=O)cc1. The number of hydrogen-bond donors (Lipinski definition) is 2. The number of nitrogens with one attached hydrogen (secondary N) is 1. The number of rotatable bonds is 4. The first-order valence-electron chi connectivity index (χ1n) is 6.22. The molecule has 0 aromatic heterocycles. The summed E-state index contributed by atoms with van der Waals surface area (Å²) in [4.78, 5) is 0.318. The molecular formula is C15H17NO3S. The number of phenolic OH excluding ortho intramolecular Hbond substituents is 1. The van der Waals surface area contributed by atoms with Crippen molar-refractivity contribution in [3.05, 3.63) is 54.1 Å². The van der Waals surface area contributed by atoms with E-state index < -0.39 is 9.84 Å². The largest absolute Gasteiger partial charge is 0.508 e. The molecule has 0 saturated carbocycles. The van der Waals surface area contributed by atoms with Crippen LogP contribution < -0.4 is 5.32 Å². The number of anilines is 1. The minimum absolute atomic E-state index is 0.0353. The first-order valence-corrected chi connectivity index (χ1v) is 8.11. The van der Waals surface area contributed by atoms with Gasteiger partial charge in [-0.3, -0.25) is 0 Å². The Morgan fingerprint density at radius 2 is 1.55 bits per heavy atom. The average molecular weight is 291 g/mol. The van der Waals surface area contributed by atoms with Crippen molar-refractivity contribution in [1.29, 1.82) is 0 Å². The van der Waals surface area contributed by atoms with Crippen molar-refractivity contribution in [2.45, 2.75) is 17.9 Å². The highest BCUT2D eigenvalue weighted by Gasteiger charge is 2.09. The first kappa shape index (κ1) is 14.4. The summed E-state index contributed by atoms with van der Waals surface area (Å²) in [6, 6.07) is 13.7. The van der Waals surface area contributed by atoms with Crippen molar-refractivity contribution >= 4 is 15.5 Å². The molecule has 0 bridgehead atoms. The topological polar surface area (TPSA) is 66.4 Å². The fourth-order valence-electron chi connectivity index (χ4n) is 1.89. The number of hydrogen-bond acceptors (Lipinski definition) is 4. The summed E-state index contributed by atoms with van der Waals surface area (Å²) in [6.45, 7) is 1.99. The molecule has 106 valence electrons. The molecule has 20 heavy (non-hydrogen) atoms. The summed E-state index contributed by atoms with van der Waals surface area (Å²) in [7, 11) is -3.16. The maximum absolute atomic E-state index is 11.4. The second-order valence-corrected chi connectivity index (χ2v) is 6.77. The Morgan fingerprint density at radius 1 is 1.00 bits per heavy atom. The minimum atomic E-state index is -3.16. The Hall–Kier alpha value is -2.01. The molecule has 0 heterocycles. The zero-order valence-electron chi connectivity index (χ0n) is 11.4. The molecule has 5 heteroatoms. The van der Waals surface area contributed by atoms with E-state index in [0.29, 0.717) is 4.90 Å². The van der Waals surface area contributed by atoms with E-state index in [-0.39, 0.29) is 11.8 Å². The van der Waals surface area contributed by atoms with Crippen LogP contribution in [0.3, 0.4) is 0 Å². The van der Waals surface area contributed by atoms with E-state index in [9.17, 15) is 13.5 Å². The van der Waals surface area contributed by atoms with Crippen LogP contribution in [0.2, 0.25) is 0 Å². The normalized spacial score (nSPS) is 12.9. The number of sulfone groups is 1. The van der Waals surface area contributed by atoms with Crippen LogP contribution in [0.5, 0.6) is 5.75 Å². The van der Waals surface area contributed by atoms with Crippen LogP contribution in [0, 0.1) is 0 Å². The highest BCUT2D eigenvalue weighted by molar-refractivity contribution is 7.90. The highest BCUT2D eigenvalue weighted by Crippen LogP contribution is 2.22. The van der Waals surface area contributed by atoms with Crippen molar-refractivity contribution in [2.24, 2.45) is 0 Å². The van der Waals surface area contributed by atoms with Crippen LogP contribution in [0.25, 0.3) is 0 Å². The van der Waals surface area contributed by atoms with Crippen LogP contribution >= 0.6 is 0 Å². The molecule has 2 rings (SSSR count). The Kier molecular flexibility index (Phi) is 3.99. The standard InChI is InChI=1S/C15H17NO3S/c1-11(16-13-5-7-14(17)8-6-13)12-3-9-15(10-4-12)20(2,18)19/h3-11,16-17H,1-2H3. The van der Waals surface area contributed by atoms with Crippen molar-refractivity contribution in [3.63, 3.8) is 0 Å². The maximum atomic E-state index is 11.4. The molecule has 1 unspecified atom stereocenters. The molecule has 4 nitrogen and oxygen atoms in total. The summed E-state index contributed by atoms with van der Waals surface area (Å²) in [5.74, 6) is 0.223. The monoisotopic (exact) mass is 291 g/mol. The van der Waals surface area contributed by atoms with Gasteiger partial charge in [-0.25, -0.2) is 8.42 Å². The highest BCUT2D eigenvalue weighted by atomic mass is 32.2. The maximum Gasteiger partial charge on any atom is 0.175 e. The lowest BCUT2D eigenvalue weighted by Gasteiger charge is -2.16. The molecule has 1 atom stereocenters. The molecule has 0 amide bonds. The van der Waals surface area contributed by atoms with Gasteiger partial charge in [-0.1, -0.05) is 12.1 Å². The van der Waals surface area contributed by atoms with Gasteiger partial charge in [-0.05, 0) is 48.9 Å². The molecule has 2 aromatic rings. The predicted molar refractivity (Wildman–Crippen MR) is 79.7 cm³/mol. The molecule has 0 saturated heterocycles. The summed E-state index contributed by atoms with van der Waals surface area (Å²) in [6.07, 6.45) is 1.19. The third-order valence-corrected chi connectivity index (χ3v) is 4.19. The van der Waals surface area contributed by atoms with Gasteiger partial charge in [0.1, 0.15) is 5.75 Å². The third-order valence-electron chi connectivity index (χ3n) is 3.06. The molecule has 0 aliphatic rings. The summed E-state index contributed by atoms with van der Waals surface area (Å²) in [5.41, 5.74) is 1.88. The van der Waals surface area contributed by atoms with Gasteiger partial charge in [-0.2, -0.15) is 0 Å². The van der Waals surface area contributed by atoms with Crippen LogP contribution in [0.1, 0.15) is 18.5 Å². The average Bonchev–Trinajstić information content (AvgIpc) is 2.40.